The fourth-order valence-electron chi connectivity index (χ4n) is 2.55. The maximum Gasteiger partial charge on any atom is 0.148 e. The first-order valence-electron chi connectivity index (χ1n) is 6.28. The van der Waals surface area contributed by atoms with Gasteiger partial charge < -0.3 is 10.6 Å². The Morgan fingerprint density at radius 1 is 1.12 bits per heavy atom. The molecule has 2 aliphatic rings. The van der Waals surface area contributed by atoms with Crippen molar-refractivity contribution in [2.45, 2.75) is 18.9 Å². The van der Waals surface area contributed by atoms with Crippen LogP contribution >= 0.6 is 0 Å². The molecule has 0 amide bonds. The SMILES string of the molecule is Nc1ccc(N2CCN(C3CC3)CC2)c(F)c1. The fraction of sp³-hybridized carbons (Fsp3) is 0.538. The van der Waals surface area contributed by atoms with Gasteiger partial charge in [-0.1, -0.05) is 0 Å². The summed E-state index contributed by atoms with van der Waals surface area (Å²) in [5.74, 6) is -0.204. The number of hydrogen-bond acceptors (Lipinski definition) is 3. The Kier molecular flexibility index (Phi) is 2.67. The molecule has 1 heterocycles. The second kappa shape index (κ2) is 4.18. The number of halogens is 1. The lowest BCUT2D eigenvalue weighted by Crippen LogP contribution is -2.47. The van der Waals surface area contributed by atoms with Crippen LogP contribution in [0.5, 0.6) is 0 Å². The van der Waals surface area contributed by atoms with E-state index in [-0.39, 0.29) is 5.82 Å². The van der Waals surface area contributed by atoms with Gasteiger partial charge >= 0.3 is 0 Å². The lowest BCUT2D eigenvalue weighted by Gasteiger charge is -2.36. The second-order valence-corrected chi connectivity index (χ2v) is 4.97. The number of nitrogens with zero attached hydrogens (tertiary/aromatic N) is 2. The third-order valence-electron chi connectivity index (χ3n) is 3.69. The highest BCUT2D eigenvalue weighted by molar-refractivity contribution is 5.54. The van der Waals surface area contributed by atoms with Gasteiger partial charge in [-0.05, 0) is 31.0 Å². The Bertz CT molecular complexity index is 409. The maximum absolute atomic E-state index is 13.8. The highest BCUT2D eigenvalue weighted by Crippen LogP contribution is 2.29. The molecule has 1 aliphatic carbocycles. The van der Waals surface area contributed by atoms with Crippen LogP contribution in [0.1, 0.15) is 12.8 Å². The van der Waals surface area contributed by atoms with Gasteiger partial charge in [0.2, 0.25) is 0 Å². The molecule has 0 spiro atoms. The van der Waals surface area contributed by atoms with E-state index >= 15 is 0 Å². The molecule has 1 saturated carbocycles. The number of nitrogens with two attached hydrogens (primary N) is 1. The van der Waals surface area contributed by atoms with Gasteiger partial charge in [-0.2, -0.15) is 0 Å². The van der Waals surface area contributed by atoms with Crippen LogP contribution in [-0.4, -0.2) is 37.1 Å². The van der Waals surface area contributed by atoms with E-state index in [1.54, 1.807) is 12.1 Å². The number of hydrogen-bond donors (Lipinski definition) is 1. The molecule has 1 aromatic rings. The van der Waals surface area contributed by atoms with Crippen molar-refractivity contribution in [2.75, 3.05) is 36.8 Å². The zero-order valence-corrected chi connectivity index (χ0v) is 9.90. The molecule has 0 atom stereocenters. The van der Waals surface area contributed by atoms with Gasteiger partial charge in [0.05, 0.1) is 5.69 Å². The molecule has 3 rings (SSSR count). The summed E-state index contributed by atoms with van der Waals surface area (Å²) in [6.07, 6.45) is 2.69. The Hall–Kier alpha value is -1.29. The third kappa shape index (κ3) is 2.22. The van der Waals surface area contributed by atoms with Gasteiger partial charge in [-0.3, -0.25) is 4.90 Å². The number of anilines is 2. The minimum Gasteiger partial charge on any atom is -0.399 e. The van der Waals surface area contributed by atoms with E-state index in [1.165, 1.54) is 18.9 Å². The lowest BCUT2D eigenvalue weighted by molar-refractivity contribution is 0.247. The van der Waals surface area contributed by atoms with Crippen molar-refractivity contribution in [3.05, 3.63) is 24.0 Å². The smallest absolute Gasteiger partial charge is 0.148 e. The number of nitrogen functional groups attached to an aromatic ring is 1. The molecule has 92 valence electrons. The molecule has 2 N–H and O–H groups in total. The van der Waals surface area contributed by atoms with Crippen molar-refractivity contribution in [3.63, 3.8) is 0 Å². The molecule has 17 heavy (non-hydrogen) atoms. The van der Waals surface area contributed by atoms with Crippen molar-refractivity contribution in [1.29, 1.82) is 0 Å². The summed E-state index contributed by atoms with van der Waals surface area (Å²) in [4.78, 5) is 4.64. The number of piperazine rings is 1. The van der Waals surface area contributed by atoms with Gasteiger partial charge in [-0.25, -0.2) is 4.39 Å². The zero-order chi connectivity index (χ0) is 11.8. The van der Waals surface area contributed by atoms with Crippen LogP contribution in [-0.2, 0) is 0 Å². The number of rotatable bonds is 2. The van der Waals surface area contributed by atoms with E-state index in [4.69, 9.17) is 5.73 Å². The summed E-state index contributed by atoms with van der Waals surface area (Å²) in [6.45, 7) is 3.93. The van der Waals surface area contributed by atoms with Crippen LogP contribution in [0.3, 0.4) is 0 Å². The molecule has 0 radical (unpaired) electrons. The largest absolute Gasteiger partial charge is 0.399 e. The summed E-state index contributed by atoms with van der Waals surface area (Å²) >= 11 is 0. The predicted molar refractivity (Wildman–Crippen MR) is 67.6 cm³/mol. The van der Waals surface area contributed by atoms with Crippen molar-refractivity contribution >= 4 is 11.4 Å². The fourth-order valence-corrected chi connectivity index (χ4v) is 2.55. The molecule has 4 heteroatoms. The average molecular weight is 235 g/mol. The second-order valence-electron chi connectivity index (χ2n) is 4.97. The van der Waals surface area contributed by atoms with Crippen LogP contribution < -0.4 is 10.6 Å². The lowest BCUT2D eigenvalue weighted by atomic mass is 10.2. The van der Waals surface area contributed by atoms with Crippen molar-refractivity contribution in [2.24, 2.45) is 0 Å². The first-order chi connectivity index (χ1) is 8.24. The molecule has 0 aromatic heterocycles. The highest BCUT2D eigenvalue weighted by atomic mass is 19.1. The Morgan fingerprint density at radius 3 is 2.41 bits per heavy atom. The van der Waals surface area contributed by atoms with E-state index in [1.807, 2.05) is 0 Å². The first kappa shape index (κ1) is 10.8. The normalized spacial score (nSPS) is 21.8. The van der Waals surface area contributed by atoms with Crippen molar-refractivity contribution in [1.82, 2.24) is 4.90 Å². The van der Waals surface area contributed by atoms with Gasteiger partial charge in [-0.15, -0.1) is 0 Å². The molecule has 0 bridgehead atoms. The summed E-state index contributed by atoms with van der Waals surface area (Å²) in [5.41, 5.74) is 6.74. The Morgan fingerprint density at radius 2 is 1.82 bits per heavy atom. The van der Waals surface area contributed by atoms with Crippen LogP contribution in [0, 0.1) is 5.82 Å². The molecule has 2 fully saturated rings. The van der Waals surface area contributed by atoms with Crippen LogP contribution in [0.2, 0.25) is 0 Å². The Labute approximate surface area is 101 Å². The van der Waals surface area contributed by atoms with Crippen LogP contribution in [0.15, 0.2) is 18.2 Å². The standard InChI is InChI=1S/C13H18FN3/c14-12-9-10(15)1-4-13(12)17-7-5-16(6-8-17)11-2-3-11/h1,4,9,11H,2-3,5-8,15H2. The third-order valence-corrected chi connectivity index (χ3v) is 3.69. The molecule has 1 aliphatic heterocycles. The van der Waals surface area contributed by atoms with Gasteiger partial charge in [0, 0.05) is 37.9 Å². The maximum atomic E-state index is 13.8. The van der Waals surface area contributed by atoms with Crippen molar-refractivity contribution < 1.29 is 4.39 Å². The van der Waals surface area contributed by atoms with Crippen LogP contribution in [0.25, 0.3) is 0 Å². The van der Waals surface area contributed by atoms with E-state index in [0.29, 0.717) is 11.4 Å². The minimum atomic E-state index is -0.204. The van der Waals surface area contributed by atoms with E-state index in [9.17, 15) is 4.39 Å². The minimum absolute atomic E-state index is 0.204. The first-order valence-corrected chi connectivity index (χ1v) is 6.28. The average Bonchev–Trinajstić information content (AvgIpc) is 3.13. The molecular formula is C13H18FN3. The monoisotopic (exact) mass is 235 g/mol. The topological polar surface area (TPSA) is 32.5 Å². The van der Waals surface area contributed by atoms with Crippen LogP contribution in [0.4, 0.5) is 15.8 Å². The van der Waals surface area contributed by atoms with Gasteiger partial charge in [0.25, 0.3) is 0 Å². The van der Waals surface area contributed by atoms with Gasteiger partial charge in [0.15, 0.2) is 0 Å². The molecule has 1 saturated heterocycles. The van der Waals surface area contributed by atoms with E-state index in [2.05, 4.69) is 9.80 Å². The summed E-state index contributed by atoms with van der Waals surface area (Å²) in [6, 6.07) is 5.78. The summed E-state index contributed by atoms with van der Waals surface area (Å²) < 4.78 is 13.8. The molecule has 1 aromatic carbocycles. The molecule has 0 unspecified atom stereocenters. The van der Waals surface area contributed by atoms with Gasteiger partial charge in [0.1, 0.15) is 5.82 Å². The summed E-state index contributed by atoms with van der Waals surface area (Å²) in [7, 11) is 0. The summed E-state index contributed by atoms with van der Waals surface area (Å²) in [5, 5.41) is 0. The zero-order valence-electron chi connectivity index (χ0n) is 9.90. The quantitative estimate of drug-likeness (QED) is 0.792. The molecular weight excluding hydrogens is 217 g/mol. The number of benzene rings is 1. The predicted octanol–water partition coefficient (Wildman–Crippen LogP) is 1.69. The Balaban J connectivity index is 1.68. The highest BCUT2D eigenvalue weighted by Gasteiger charge is 2.31. The van der Waals surface area contributed by atoms with Crippen molar-refractivity contribution in [3.8, 4) is 0 Å². The molecule has 3 nitrogen and oxygen atoms in total. The van der Waals surface area contributed by atoms with E-state index < -0.39 is 0 Å². The van der Waals surface area contributed by atoms with E-state index in [0.717, 1.165) is 32.2 Å².